The third kappa shape index (κ3) is 4.31. The van der Waals surface area contributed by atoms with Gasteiger partial charge in [0.15, 0.2) is 0 Å². The summed E-state index contributed by atoms with van der Waals surface area (Å²) in [4.78, 5) is 14.6. The first-order valence-corrected chi connectivity index (χ1v) is 9.79. The Bertz CT molecular complexity index is 711. The highest BCUT2D eigenvalue weighted by atomic mass is 32.2. The number of rotatable bonds is 6. The van der Waals surface area contributed by atoms with Gasteiger partial charge in [0.1, 0.15) is 10.6 Å². The number of carbonyl (C=O) groups is 1. The minimum absolute atomic E-state index is 0.0101. The number of sulfonamides is 1. The fourth-order valence-corrected chi connectivity index (χ4v) is 4.09. The predicted octanol–water partition coefficient (Wildman–Crippen LogP) is 1.02. The quantitative estimate of drug-likeness (QED) is 0.810. The summed E-state index contributed by atoms with van der Waals surface area (Å²) in [6.07, 6.45) is 1.90. The van der Waals surface area contributed by atoms with Crippen LogP contribution in [0.4, 0.5) is 0 Å². The number of methoxy groups -OCH3 is 1. The Labute approximate surface area is 150 Å². The van der Waals surface area contributed by atoms with E-state index in [-0.39, 0.29) is 16.6 Å². The van der Waals surface area contributed by atoms with Crippen LogP contribution in [0.5, 0.6) is 5.75 Å². The molecule has 1 amide bonds. The molecule has 140 valence electrons. The van der Waals surface area contributed by atoms with E-state index in [0.717, 1.165) is 23.7 Å². The van der Waals surface area contributed by atoms with Crippen LogP contribution in [0.15, 0.2) is 23.1 Å². The number of likely N-dealkylation sites (tertiary alicyclic amines) is 1. The van der Waals surface area contributed by atoms with Gasteiger partial charge in [0, 0.05) is 32.7 Å². The lowest BCUT2D eigenvalue weighted by Gasteiger charge is -2.32. The summed E-state index contributed by atoms with van der Waals surface area (Å²) in [7, 11) is 2.56. The van der Waals surface area contributed by atoms with Gasteiger partial charge in [-0.2, -0.15) is 0 Å². The summed E-state index contributed by atoms with van der Waals surface area (Å²) in [5.41, 5.74) is 0.369. The minimum Gasteiger partial charge on any atom is -0.495 e. The van der Waals surface area contributed by atoms with E-state index in [4.69, 9.17) is 4.74 Å². The monoisotopic (exact) mass is 369 g/mol. The second-order valence-corrected chi connectivity index (χ2v) is 8.57. The molecule has 1 aromatic carbocycles. The molecule has 0 unspecified atom stereocenters. The number of hydrogen-bond donors (Lipinski definition) is 1. The molecule has 0 spiro atoms. The molecule has 2 rings (SSSR count). The zero-order valence-corrected chi connectivity index (χ0v) is 16.1. The van der Waals surface area contributed by atoms with Crippen molar-refractivity contribution >= 4 is 15.9 Å². The highest BCUT2D eigenvalue weighted by molar-refractivity contribution is 7.89. The van der Waals surface area contributed by atoms with Gasteiger partial charge in [-0.1, -0.05) is 0 Å². The fourth-order valence-electron chi connectivity index (χ4n) is 3.02. The molecule has 0 aromatic heterocycles. The van der Waals surface area contributed by atoms with Gasteiger partial charge in [-0.25, -0.2) is 12.7 Å². The first kappa shape index (κ1) is 19.7. The van der Waals surface area contributed by atoms with Gasteiger partial charge in [0.05, 0.1) is 7.11 Å². The van der Waals surface area contributed by atoms with Gasteiger partial charge < -0.3 is 15.0 Å². The number of benzene rings is 1. The number of nitrogens with one attached hydrogen (secondary N) is 1. The molecule has 1 saturated heterocycles. The fraction of sp³-hybridized carbons (Fsp3) is 0.588. The molecule has 1 aliphatic heterocycles. The summed E-state index contributed by atoms with van der Waals surface area (Å²) < 4.78 is 31.3. The lowest BCUT2D eigenvalue weighted by atomic mass is 9.96. The average Bonchev–Trinajstić information content (AvgIpc) is 2.61. The van der Waals surface area contributed by atoms with E-state index in [1.165, 1.54) is 33.3 Å². The third-order valence-corrected chi connectivity index (χ3v) is 6.40. The highest BCUT2D eigenvalue weighted by Gasteiger charge is 2.27. The molecular weight excluding hydrogens is 342 g/mol. The van der Waals surface area contributed by atoms with Crippen molar-refractivity contribution in [3.63, 3.8) is 0 Å². The lowest BCUT2D eigenvalue weighted by Crippen LogP contribution is -2.40. The second kappa shape index (κ2) is 8.16. The zero-order valence-electron chi connectivity index (χ0n) is 15.3. The second-order valence-electron chi connectivity index (χ2n) is 6.45. The first-order chi connectivity index (χ1) is 11.8. The number of carbonyl (C=O) groups excluding carboxylic acids is 1. The molecule has 1 fully saturated rings. The van der Waals surface area contributed by atoms with Crippen LogP contribution < -0.4 is 10.1 Å². The van der Waals surface area contributed by atoms with E-state index in [1.54, 1.807) is 11.0 Å². The minimum atomic E-state index is -3.69. The Morgan fingerprint density at radius 3 is 2.48 bits per heavy atom. The van der Waals surface area contributed by atoms with Gasteiger partial charge in [-0.15, -0.1) is 0 Å². The van der Waals surface area contributed by atoms with Crippen molar-refractivity contribution in [3.8, 4) is 5.75 Å². The maximum atomic E-state index is 12.8. The molecule has 0 aliphatic carbocycles. The summed E-state index contributed by atoms with van der Waals surface area (Å²) in [6.45, 7) is 2.33. The Morgan fingerprint density at radius 2 is 1.96 bits per heavy atom. The number of piperidine rings is 1. The molecule has 0 bridgehead atoms. The molecular formula is C17H27N3O4S. The van der Waals surface area contributed by atoms with E-state index < -0.39 is 10.0 Å². The summed E-state index contributed by atoms with van der Waals surface area (Å²) in [5, 5.41) is 3.17. The summed E-state index contributed by atoms with van der Waals surface area (Å²) in [5.74, 6) is 0.674. The zero-order chi connectivity index (χ0) is 18.6. The normalized spacial score (nSPS) is 16.3. The van der Waals surface area contributed by atoms with E-state index in [1.807, 2.05) is 7.05 Å². The number of hydrogen-bond acceptors (Lipinski definition) is 5. The van der Waals surface area contributed by atoms with Gasteiger partial charge in [-0.3, -0.25) is 4.79 Å². The Kier molecular flexibility index (Phi) is 6.42. The first-order valence-electron chi connectivity index (χ1n) is 8.35. The molecule has 1 aliphatic rings. The molecule has 0 atom stereocenters. The lowest BCUT2D eigenvalue weighted by molar-refractivity contribution is 0.0690. The standard InChI is InChI=1S/C17H27N3O4S/c1-18-12-13-7-9-20(10-8-13)17(21)14-5-6-15(24-4)16(11-14)25(22,23)19(2)3/h5-6,11,13,18H,7-10,12H2,1-4H3. The summed E-state index contributed by atoms with van der Waals surface area (Å²) >= 11 is 0. The Hall–Kier alpha value is -1.64. The van der Waals surface area contributed by atoms with E-state index in [9.17, 15) is 13.2 Å². The topological polar surface area (TPSA) is 79.0 Å². The van der Waals surface area contributed by atoms with Crippen molar-refractivity contribution < 1.29 is 17.9 Å². The largest absolute Gasteiger partial charge is 0.495 e. The van der Waals surface area contributed by atoms with Crippen LogP contribution >= 0.6 is 0 Å². The van der Waals surface area contributed by atoms with Crippen molar-refractivity contribution in [2.45, 2.75) is 17.7 Å². The van der Waals surface area contributed by atoms with Crippen LogP contribution in [0, 0.1) is 5.92 Å². The van der Waals surface area contributed by atoms with E-state index >= 15 is 0 Å². The number of ether oxygens (including phenoxy) is 1. The van der Waals surface area contributed by atoms with Crippen LogP contribution in [0.3, 0.4) is 0 Å². The molecule has 7 nitrogen and oxygen atoms in total. The van der Waals surface area contributed by atoms with Crippen LogP contribution in [0.2, 0.25) is 0 Å². The predicted molar refractivity (Wildman–Crippen MR) is 96.4 cm³/mol. The van der Waals surface area contributed by atoms with Crippen molar-refractivity contribution in [2.75, 3.05) is 47.9 Å². The Morgan fingerprint density at radius 1 is 1.32 bits per heavy atom. The van der Waals surface area contributed by atoms with E-state index in [0.29, 0.717) is 24.6 Å². The molecule has 0 radical (unpaired) electrons. The summed E-state index contributed by atoms with van der Waals surface area (Å²) in [6, 6.07) is 4.57. The number of nitrogens with zero attached hydrogens (tertiary/aromatic N) is 2. The smallest absolute Gasteiger partial charge is 0.253 e. The highest BCUT2D eigenvalue weighted by Crippen LogP contribution is 2.28. The van der Waals surface area contributed by atoms with E-state index in [2.05, 4.69) is 5.32 Å². The Balaban J connectivity index is 2.24. The molecule has 1 aromatic rings. The van der Waals surface area contributed by atoms with Gasteiger partial charge >= 0.3 is 0 Å². The number of amides is 1. The van der Waals surface area contributed by atoms with Crippen molar-refractivity contribution in [1.29, 1.82) is 0 Å². The van der Waals surface area contributed by atoms with Gasteiger partial charge in [0.25, 0.3) is 5.91 Å². The molecule has 25 heavy (non-hydrogen) atoms. The molecule has 8 heteroatoms. The molecule has 1 heterocycles. The van der Waals surface area contributed by atoms with Crippen LogP contribution in [-0.2, 0) is 10.0 Å². The molecule has 0 saturated carbocycles. The van der Waals surface area contributed by atoms with Crippen molar-refractivity contribution in [1.82, 2.24) is 14.5 Å². The molecule has 1 N–H and O–H groups in total. The third-order valence-electron chi connectivity index (χ3n) is 4.56. The average molecular weight is 369 g/mol. The van der Waals surface area contributed by atoms with Gasteiger partial charge in [0.2, 0.25) is 10.0 Å². The van der Waals surface area contributed by atoms with Crippen LogP contribution in [0.25, 0.3) is 0 Å². The van der Waals surface area contributed by atoms with Crippen LogP contribution in [0.1, 0.15) is 23.2 Å². The maximum Gasteiger partial charge on any atom is 0.253 e. The SMILES string of the molecule is CNCC1CCN(C(=O)c2ccc(OC)c(S(=O)(=O)N(C)C)c2)CC1. The maximum absolute atomic E-state index is 12.8. The van der Waals surface area contributed by atoms with Gasteiger partial charge in [-0.05, 0) is 50.6 Å². The van der Waals surface area contributed by atoms with Crippen molar-refractivity contribution in [3.05, 3.63) is 23.8 Å². The van der Waals surface area contributed by atoms with Crippen molar-refractivity contribution in [2.24, 2.45) is 5.92 Å². The van der Waals surface area contributed by atoms with Crippen LogP contribution in [-0.4, -0.2) is 71.4 Å².